The van der Waals surface area contributed by atoms with Crippen LogP contribution in [0.15, 0.2) is 4.99 Å². The third-order valence-electron chi connectivity index (χ3n) is 2.46. The van der Waals surface area contributed by atoms with Gasteiger partial charge in [0.15, 0.2) is 0 Å². The van der Waals surface area contributed by atoms with Crippen molar-refractivity contribution < 1.29 is 13.2 Å². The molecule has 8 heteroatoms. The fourth-order valence-corrected chi connectivity index (χ4v) is 2.13. The zero-order valence-corrected chi connectivity index (χ0v) is 10.2. The minimum absolute atomic E-state index is 0.0747. The molecule has 100 valence electrons. The molecule has 4 N–H and O–H groups in total. The first kappa shape index (κ1) is 14.4. The van der Waals surface area contributed by atoms with Crippen molar-refractivity contribution in [2.45, 2.75) is 37.2 Å². The molecule has 1 aliphatic carbocycles. The fourth-order valence-electron chi connectivity index (χ4n) is 1.72. The molecular weight excluding hydrogens is 253 g/mol. The molecule has 0 aliphatic heterocycles. The number of nitrogens with two attached hydrogens (primary N) is 1. The number of alkyl halides is 3. The van der Waals surface area contributed by atoms with Crippen LogP contribution in [0.4, 0.5) is 13.2 Å². The lowest BCUT2D eigenvalue weighted by Crippen LogP contribution is -2.45. The normalized spacial score (nSPS) is 18.5. The predicted molar refractivity (Wildman–Crippen MR) is 63.5 cm³/mol. The number of aliphatic imine (C=N–C) groups is 1. The average Bonchev–Trinajstić information content (AvgIpc) is 2.73. The van der Waals surface area contributed by atoms with Gasteiger partial charge in [0.05, 0.1) is 6.54 Å². The third-order valence-corrected chi connectivity index (χ3v) is 3.17. The number of nitrogens with one attached hydrogen (secondary N) is 2. The Labute approximate surface area is 103 Å². The highest BCUT2D eigenvalue weighted by Crippen LogP contribution is 2.29. The maximum absolute atomic E-state index is 11.8. The van der Waals surface area contributed by atoms with E-state index in [1.165, 1.54) is 12.8 Å². The van der Waals surface area contributed by atoms with E-state index in [-0.39, 0.29) is 24.1 Å². The van der Waals surface area contributed by atoms with Gasteiger partial charge in [-0.1, -0.05) is 12.8 Å². The van der Waals surface area contributed by atoms with Crippen molar-refractivity contribution >= 4 is 17.7 Å². The summed E-state index contributed by atoms with van der Waals surface area (Å²) >= 11 is -0.0747. The van der Waals surface area contributed by atoms with E-state index < -0.39 is 5.51 Å². The first-order valence-electron chi connectivity index (χ1n) is 5.49. The van der Waals surface area contributed by atoms with Crippen LogP contribution in [-0.2, 0) is 0 Å². The van der Waals surface area contributed by atoms with Crippen LogP contribution in [0.2, 0.25) is 0 Å². The van der Waals surface area contributed by atoms with E-state index in [4.69, 9.17) is 5.84 Å². The number of thioether (sulfide) groups is 1. The lowest BCUT2D eigenvalue weighted by atomic mass is 10.2. The van der Waals surface area contributed by atoms with Gasteiger partial charge in [0.2, 0.25) is 5.96 Å². The molecule has 0 aromatic rings. The number of nitrogens with zero attached hydrogens (tertiary/aromatic N) is 1. The van der Waals surface area contributed by atoms with E-state index in [0.717, 1.165) is 12.8 Å². The summed E-state index contributed by atoms with van der Waals surface area (Å²) in [6, 6.07) is 0.333. The maximum Gasteiger partial charge on any atom is 0.441 e. The summed E-state index contributed by atoms with van der Waals surface area (Å²) in [6.07, 6.45) is 4.44. The highest BCUT2D eigenvalue weighted by molar-refractivity contribution is 8.00. The molecule has 1 rings (SSSR count). The third kappa shape index (κ3) is 6.62. The molecule has 0 unspecified atom stereocenters. The van der Waals surface area contributed by atoms with E-state index in [2.05, 4.69) is 15.7 Å². The molecule has 1 fully saturated rings. The zero-order chi connectivity index (χ0) is 12.7. The van der Waals surface area contributed by atoms with Crippen molar-refractivity contribution in [1.29, 1.82) is 0 Å². The monoisotopic (exact) mass is 270 g/mol. The van der Waals surface area contributed by atoms with Crippen molar-refractivity contribution in [3.8, 4) is 0 Å². The first-order valence-corrected chi connectivity index (χ1v) is 6.48. The molecule has 17 heavy (non-hydrogen) atoms. The molecule has 0 bridgehead atoms. The molecule has 1 saturated carbocycles. The van der Waals surface area contributed by atoms with Gasteiger partial charge in [-0.3, -0.25) is 10.4 Å². The number of hydrogen-bond acceptors (Lipinski definition) is 3. The zero-order valence-electron chi connectivity index (χ0n) is 9.39. The SMILES string of the molecule is NNC(=NCCSC(F)(F)F)NC1CCCC1. The topological polar surface area (TPSA) is 62.4 Å². The van der Waals surface area contributed by atoms with Gasteiger partial charge < -0.3 is 5.32 Å². The summed E-state index contributed by atoms with van der Waals surface area (Å²) in [5, 5.41) is 3.09. The van der Waals surface area contributed by atoms with Crippen LogP contribution in [0.25, 0.3) is 0 Å². The smallest absolute Gasteiger partial charge is 0.353 e. The van der Waals surface area contributed by atoms with Gasteiger partial charge in [0.25, 0.3) is 0 Å². The molecule has 0 spiro atoms. The quantitative estimate of drug-likeness (QED) is 0.239. The molecule has 1 aliphatic rings. The van der Waals surface area contributed by atoms with Gasteiger partial charge in [-0.2, -0.15) is 13.2 Å². The number of rotatable bonds is 4. The van der Waals surface area contributed by atoms with Gasteiger partial charge in [0, 0.05) is 11.8 Å². The molecule has 0 atom stereocenters. The summed E-state index contributed by atoms with van der Waals surface area (Å²) in [5.41, 5.74) is -1.81. The number of guanidine groups is 1. The molecule has 0 saturated heterocycles. The first-order chi connectivity index (χ1) is 8.01. The standard InChI is InChI=1S/C9H17F3N4S/c10-9(11,12)17-6-5-14-8(16-13)15-7-3-1-2-4-7/h7H,1-6,13H2,(H2,14,15,16). The second-order valence-electron chi connectivity index (χ2n) is 3.79. The van der Waals surface area contributed by atoms with Gasteiger partial charge in [-0.05, 0) is 24.6 Å². The van der Waals surface area contributed by atoms with Crippen molar-refractivity contribution in [2.24, 2.45) is 10.8 Å². The molecule has 0 amide bonds. The largest absolute Gasteiger partial charge is 0.441 e. The van der Waals surface area contributed by atoms with Crippen molar-refractivity contribution in [3.05, 3.63) is 0 Å². The van der Waals surface area contributed by atoms with Crippen molar-refractivity contribution in [2.75, 3.05) is 12.3 Å². The Kier molecular flexibility index (Phi) is 5.90. The van der Waals surface area contributed by atoms with E-state index in [0.29, 0.717) is 12.0 Å². The highest BCUT2D eigenvalue weighted by Gasteiger charge is 2.27. The summed E-state index contributed by atoms with van der Waals surface area (Å²) in [5.74, 6) is 5.53. The van der Waals surface area contributed by atoms with Crippen LogP contribution >= 0.6 is 11.8 Å². The van der Waals surface area contributed by atoms with E-state index in [9.17, 15) is 13.2 Å². The number of halogens is 3. The molecule has 0 aromatic heterocycles. The summed E-state index contributed by atoms with van der Waals surface area (Å²) in [4.78, 5) is 3.96. The minimum Gasteiger partial charge on any atom is -0.353 e. The predicted octanol–water partition coefficient (Wildman–Crippen LogP) is 1.59. The van der Waals surface area contributed by atoms with Crippen LogP contribution in [0, 0.1) is 0 Å². The Balaban J connectivity index is 2.23. The van der Waals surface area contributed by atoms with Crippen LogP contribution in [0.1, 0.15) is 25.7 Å². The Hall–Kier alpha value is -0.630. The Morgan fingerprint density at radius 2 is 2.00 bits per heavy atom. The van der Waals surface area contributed by atoms with E-state index in [1.807, 2.05) is 0 Å². The van der Waals surface area contributed by atoms with Crippen molar-refractivity contribution in [3.63, 3.8) is 0 Å². The fraction of sp³-hybridized carbons (Fsp3) is 0.889. The van der Waals surface area contributed by atoms with E-state index in [1.54, 1.807) is 0 Å². The van der Waals surface area contributed by atoms with Gasteiger partial charge >= 0.3 is 5.51 Å². The summed E-state index contributed by atoms with van der Waals surface area (Å²) in [7, 11) is 0. The second-order valence-corrected chi connectivity index (χ2v) is 4.95. The Morgan fingerprint density at radius 3 is 2.53 bits per heavy atom. The molecule has 0 heterocycles. The van der Waals surface area contributed by atoms with Crippen LogP contribution in [0.5, 0.6) is 0 Å². The molecule has 4 nitrogen and oxygen atoms in total. The molecular formula is C9H17F3N4S. The lowest BCUT2D eigenvalue weighted by Gasteiger charge is -2.14. The Morgan fingerprint density at radius 1 is 1.35 bits per heavy atom. The van der Waals surface area contributed by atoms with Gasteiger partial charge in [-0.15, -0.1) is 0 Å². The highest BCUT2D eigenvalue weighted by atomic mass is 32.2. The molecule has 0 aromatic carbocycles. The van der Waals surface area contributed by atoms with Crippen LogP contribution in [0.3, 0.4) is 0 Å². The number of hydrazine groups is 1. The van der Waals surface area contributed by atoms with Crippen molar-refractivity contribution in [1.82, 2.24) is 10.7 Å². The number of hydrogen-bond donors (Lipinski definition) is 3. The Bertz CT molecular complexity index is 251. The van der Waals surface area contributed by atoms with Crippen LogP contribution in [-0.4, -0.2) is 29.8 Å². The lowest BCUT2D eigenvalue weighted by molar-refractivity contribution is -0.0327. The maximum atomic E-state index is 11.8. The molecule has 0 radical (unpaired) electrons. The van der Waals surface area contributed by atoms with Gasteiger partial charge in [-0.25, -0.2) is 5.84 Å². The average molecular weight is 270 g/mol. The summed E-state index contributed by atoms with van der Waals surface area (Å²) in [6.45, 7) is 0.0867. The van der Waals surface area contributed by atoms with Crippen LogP contribution < -0.4 is 16.6 Å². The summed E-state index contributed by atoms with van der Waals surface area (Å²) < 4.78 is 35.5. The van der Waals surface area contributed by atoms with Gasteiger partial charge in [0.1, 0.15) is 0 Å². The van der Waals surface area contributed by atoms with E-state index >= 15 is 0 Å². The minimum atomic E-state index is -4.19. The second kappa shape index (κ2) is 6.95.